The number of aryl methyl sites for hydroxylation is 1. The second-order valence-corrected chi connectivity index (χ2v) is 8.02. The molecule has 0 aliphatic carbocycles. The van der Waals surface area contributed by atoms with E-state index in [1.165, 1.54) is 0 Å². The number of hydrogen-bond acceptors (Lipinski definition) is 4. The third kappa shape index (κ3) is 3.38. The molecular formula is C17H13ClFNO4S. The topological polar surface area (TPSA) is 76.4 Å². The van der Waals surface area contributed by atoms with Gasteiger partial charge in [0.05, 0.1) is 10.6 Å². The van der Waals surface area contributed by atoms with Gasteiger partial charge in [-0.25, -0.2) is 12.8 Å². The number of carbonyl (C=O) groups excluding carboxylic acids is 1. The van der Waals surface area contributed by atoms with E-state index in [1.54, 1.807) is 25.1 Å². The van der Waals surface area contributed by atoms with Gasteiger partial charge < -0.3 is 9.73 Å². The van der Waals surface area contributed by atoms with Crippen LogP contribution >= 0.6 is 11.6 Å². The van der Waals surface area contributed by atoms with Crippen LogP contribution in [-0.2, 0) is 9.84 Å². The first-order valence-corrected chi connectivity index (χ1v) is 9.43. The first-order valence-electron chi connectivity index (χ1n) is 7.16. The summed E-state index contributed by atoms with van der Waals surface area (Å²) in [5.74, 6) is -1.44. The van der Waals surface area contributed by atoms with Crippen LogP contribution in [-0.4, -0.2) is 20.6 Å². The van der Waals surface area contributed by atoms with Crippen molar-refractivity contribution in [3.05, 3.63) is 58.6 Å². The van der Waals surface area contributed by atoms with E-state index in [4.69, 9.17) is 16.0 Å². The van der Waals surface area contributed by atoms with E-state index < -0.39 is 21.6 Å². The van der Waals surface area contributed by atoms with Crippen molar-refractivity contribution in [1.82, 2.24) is 0 Å². The van der Waals surface area contributed by atoms with Gasteiger partial charge in [-0.2, -0.15) is 0 Å². The number of rotatable bonds is 3. The van der Waals surface area contributed by atoms with Crippen molar-refractivity contribution in [2.24, 2.45) is 0 Å². The number of amides is 1. The first kappa shape index (κ1) is 17.4. The number of anilines is 1. The summed E-state index contributed by atoms with van der Waals surface area (Å²) >= 11 is 5.94. The average Bonchev–Trinajstić information content (AvgIpc) is 2.85. The second-order valence-electron chi connectivity index (χ2n) is 5.56. The molecule has 0 aliphatic heterocycles. The molecule has 25 heavy (non-hydrogen) atoms. The van der Waals surface area contributed by atoms with Crippen molar-refractivity contribution in [3.8, 4) is 0 Å². The second kappa shape index (κ2) is 6.16. The Hall–Kier alpha value is -2.38. The molecule has 0 saturated heterocycles. The van der Waals surface area contributed by atoms with Crippen LogP contribution in [0.3, 0.4) is 0 Å². The monoisotopic (exact) mass is 381 g/mol. The quantitative estimate of drug-likeness (QED) is 0.690. The number of furan rings is 1. The normalized spacial score (nSPS) is 11.7. The number of benzene rings is 2. The zero-order valence-electron chi connectivity index (χ0n) is 13.3. The molecule has 0 fully saturated rings. The van der Waals surface area contributed by atoms with Crippen molar-refractivity contribution < 1.29 is 22.0 Å². The SMILES string of the molecule is Cc1c(C(=O)Nc2cc(S(C)(=O)=O)ccc2F)oc2ccc(Cl)cc12. The first-order chi connectivity index (χ1) is 11.7. The molecule has 3 rings (SSSR count). The summed E-state index contributed by atoms with van der Waals surface area (Å²) in [5, 5.41) is 3.52. The number of carbonyl (C=O) groups is 1. The van der Waals surface area contributed by atoms with Gasteiger partial charge >= 0.3 is 0 Å². The molecule has 1 aromatic heterocycles. The highest BCUT2D eigenvalue weighted by Gasteiger charge is 2.20. The molecule has 0 spiro atoms. The van der Waals surface area contributed by atoms with Crippen molar-refractivity contribution in [2.75, 3.05) is 11.6 Å². The van der Waals surface area contributed by atoms with Crippen LogP contribution < -0.4 is 5.32 Å². The maximum absolute atomic E-state index is 13.9. The summed E-state index contributed by atoms with van der Waals surface area (Å²) in [6, 6.07) is 8.11. The van der Waals surface area contributed by atoms with Gasteiger partial charge in [0.1, 0.15) is 11.4 Å². The van der Waals surface area contributed by atoms with Crippen molar-refractivity contribution in [3.63, 3.8) is 0 Å². The van der Waals surface area contributed by atoms with Crippen molar-refractivity contribution >= 4 is 44.0 Å². The molecule has 8 heteroatoms. The van der Waals surface area contributed by atoms with E-state index in [0.29, 0.717) is 21.6 Å². The molecule has 1 amide bonds. The number of halogens is 2. The Labute approximate surface area is 148 Å². The zero-order valence-corrected chi connectivity index (χ0v) is 14.8. The largest absolute Gasteiger partial charge is 0.451 e. The Bertz CT molecular complexity index is 1110. The van der Waals surface area contributed by atoms with Crippen LogP contribution in [0.25, 0.3) is 11.0 Å². The van der Waals surface area contributed by atoms with Crippen LogP contribution in [0.15, 0.2) is 45.7 Å². The summed E-state index contributed by atoms with van der Waals surface area (Å²) < 4.78 is 42.6. The van der Waals surface area contributed by atoms with Gasteiger partial charge in [0, 0.05) is 22.2 Å². The van der Waals surface area contributed by atoms with Crippen LogP contribution in [0.1, 0.15) is 16.1 Å². The van der Waals surface area contributed by atoms with Gasteiger partial charge in [-0.05, 0) is 43.3 Å². The maximum atomic E-state index is 13.9. The summed E-state index contributed by atoms with van der Waals surface area (Å²) in [4.78, 5) is 12.3. The van der Waals surface area contributed by atoms with Crippen molar-refractivity contribution in [2.45, 2.75) is 11.8 Å². The van der Waals surface area contributed by atoms with E-state index in [-0.39, 0.29) is 16.3 Å². The van der Waals surface area contributed by atoms with E-state index >= 15 is 0 Å². The van der Waals surface area contributed by atoms with Gasteiger partial charge in [0.25, 0.3) is 5.91 Å². The van der Waals surface area contributed by atoms with E-state index in [2.05, 4.69) is 5.32 Å². The molecule has 2 aromatic carbocycles. The Morgan fingerprint density at radius 2 is 1.92 bits per heavy atom. The smallest absolute Gasteiger partial charge is 0.291 e. The molecule has 5 nitrogen and oxygen atoms in total. The summed E-state index contributed by atoms with van der Waals surface area (Å²) in [5.41, 5.74) is 0.776. The van der Waals surface area contributed by atoms with Crippen molar-refractivity contribution in [1.29, 1.82) is 0 Å². The van der Waals surface area contributed by atoms with Gasteiger partial charge in [0.2, 0.25) is 0 Å². The molecule has 0 bridgehead atoms. The Morgan fingerprint density at radius 1 is 1.20 bits per heavy atom. The zero-order chi connectivity index (χ0) is 18.4. The molecule has 0 aliphatic rings. The Balaban J connectivity index is 1.99. The predicted octanol–water partition coefficient (Wildman–Crippen LogP) is 4.19. The summed E-state index contributed by atoms with van der Waals surface area (Å²) in [6.45, 7) is 1.68. The van der Waals surface area contributed by atoms with Crippen LogP contribution in [0.4, 0.5) is 10.1 Å². The van der Waals surface area contributed by atoms with Crippen LogP contribution in [0.5, 0.6) is 0 Å². The average molecular weight is 382 g/mol. The van der Waals surface area contributed by atoms with E-state index in [1.807, 2.05) is 0 Å². The fraction of sp³-hybridized carbons (Fsp3) is 0.118. The molecule has 3 aromatic rings. The lowest BCUT2D eigenvalue weighted by atomic mass is 10.1. The van der Waals surface area contributed by atoms with E-state index in [0.717, 1.165) is 24.5 Å². The number of sulfone groups is 1. The molecular weight excluding hydrogens is 369 g/mol. The lowest BCUT2D eigenvalue weighted by Gasteiger charge is -2.07. The highest BCUT2D eigenvalue weighted by Crippen LogP contribution is 2.29. The molecule has 0 radical (unpaired) electrons. The summed E-state index contributed by atoms with van der Waals surface area (Å²) in [7, 11) is -3.53. The Morgan fingerprint density at radius 3 is 2.60 bits per heavy atom. The van der Waals surface area contributed by atoms with Crippen LogP contribution in [0.2, 0.25) is 5.02 Å². The van der Waals surface area contributed by atoms with Gasteiger partial charge in [-0.15, -0.1) is 0 Å². The number of fused-ring (bicyclic) bond motifs is 1. The van der Waals surface area contributed by atoms with Crippen LogP contribution in [0, 0.1) is 12.7 Å². The highest BCUT2D eigenvalue weighted by molar-refractivity contribution is 7.90. The van der Waals surface area contributed by atoms with Gasteiger partial charge in [-0.3, -0.25) is 4.79 Å². The van der Waals surface area contributed by atoms with E-state index in [9.17, 15) is 17.6 Å². The van der Waals surface area contributed by atoms with Gasteiger partial charge in [-0.1, -0.05) is 11.6 Å². The third-order valence-corrected chi connectivity index (χ3v) is 5.06. The number of hydrogen-bond donors (Lipinski definition) is 1. The summed E-state index contributed by atoms with van der Waals surface area (Å²) in [6.07, 6.45) is 0.999. The minimum absolute atomic E-state index is 0.00132. The fourth-order valence-electron chi connectivity index (χ4n) is 2.42. The standard InChI is InChI=1S/C17H13ClFNO4S/c1-9-12-7-10(18)3-6-15(12)24-16(9)17(21)20-14-8-11(25(2,22)23)4-5-13(14)19/h3-8H,1-2H3,(H,20,21). The minimum atomic E-state index is -3.53. The third-order valence-electron chi connectivity index (χ3n) is 3.72. The molecule has 1 heterocycles. The molecule has 1 N–H and O–H groups in total. The molecule has 0 saturated carbocycles. The predicted molar refractivity (Wildman–Crippen MR) is 93.4 cm³/mol. The molecule has 0 atom stereocenters. The molecule has 130 valence electrons. The number of nitrogens with one attached hydrogen (secondary N) is 1. The maximum Gasteiger partial charge on any atom is 0.291 e. The lowest BCUT2D eigenvalue weighted by Crippen LogP contribution is -2.14. The Kier molecular flexibility index (Phi) is 4.30. The lowest BCUT2D eigenvalue weighted by molar-refractivity contribution is 0.0997. The highest BCUT2D eigenvalue weighted by atomic mass is 35.5. The molecule has 0 unspecified atom stereocenters. The van der Waals surface area contributed by atoms with Gasteiger partial charge in [0.15, 0.2) is 15.6 Å². The minimum Gasteiger partial charge on any atom is -0.451 e. The fourth-order valence-corrected chi connectivity index (χ4v) is 3.24.